The number of rotatable bonds is 5. The molecule has 0 saturated heterocycles. The zero-order valence-electron chi connectivity index (χ0n) is 11.4. The minimum absolute atomic E-state index is 0.0109. The van der Waals surface area contributed by atoms with E-state index in [0.717, 1.165) is 17.6 Å². The highest BCUT2D eigenvalue weighted by Gasteiger charge is 2.26. The predicted molar refractivity (Wildman–Crippen MR) is 78.6 cm³/mol. The zero-order valence-corrected chi connectivity index (χ0v) is 13.0. The Hall–Kier alpha value is -1.28. The predicted octanol–water partition coefficient (Wildman–Crippen LogP) is 1.16. The van der Waals surface area contributed by atoms with Gasteiger partial charge in [0.2, 0.25) is 0 Å². The third-order valence-electron chi connectivity index (χ3n) is 2.37. The lowest BCUT2D eigenvalue weighted by Gasteiger charge is -2.08. The number of sulfone groups is 1. The normalized spacial score (nSPS) is 11.6. The van der Waals surface area contributed by atoms with Crippen LogP contribution in [0, 0.1) is 5.92 Å². The van der Waals surface area contributed by atoms with Gasteiger partial charge in [-0.25, -0.2) is 8.42 Å². The van der Waals surface area contributed by atoms with Crippen molar-refractivity contribution < 1.29 is 13.2 Å². The highest BCUT2D eigenvalue weighted by Crippen LogP contribution is 2.39. The number of anilines is 2. The van der Waals surface area contributed by atoms with Gasteiger partial charge in [-0.3, -0.25) is 4.79 Å². The molecule has 0 radical (unpaired) electrons. The van der Waals surface area contributed by atoms with Crippen molar-refractivity contribution in [2.75, 3.05) is 30.9 Å². The molecular weight excluding hydrogens is 286 g/mol. The highest BCUT2D eigenvalue weighted by molar-refractivity contribution is 7.91. The van der Waals surface area contributed by atoms with E-state index in [0.29, 0.717) is 17.5 Å². The monoisotopic (exact) mass is 305 g/mol. The van der Waals surface area contributed by atoms with E-state index in [4.69, 9.17) is 5.73 Å². The maximum atomic E-state index is 11.8. The molecule has 0 aliphatic rings. The third-order valence-corrected chi connectivity index (χ3v) is 4.83. The van der Waals surface area contributed by atoms with E-state index in [1.165, 1.54) is 7.05 Å². The molecule has 6 nitrogen and oxygen atoms in total. The van der Waals surface area contributed by atoms with Crippen LogP contribution in [0.4, 0.5) is 10.7 Å². The minimum atomic E-state index is -3.49. The van der Waals surface area contributed by atoms with Crippen molar-refractivity contribution in [3.05, 3.63) is 4.88 Å². The van der Waals surface area contributed by atoms with Gasteiger partial charge in [0, 0.05) is 19.8 Å². The van der Waals surface area contributed by atoms with Crippen LogP contribution in [0.25, 0.3) is 0 Å². The molecule has 1 aromatic rings. The first-order valence-electron chi connectivity index (χ1n) is 5.76. The van der Waals surface area contributed by atoms with Crippen LogP contribution in [0.15, 0.2) is 4.90 Å². The molecule has 0 saturated carbocycles. The average Bonchev–Trinajstić information content (AvgIpc) is 2.62. The Kier molecular flexibility index (Phi) is 4.81. The molecule has 1 aromatic heterocycles. The standard InChI is InChI=1S/C11H19N3O3S2/c1-6(2)5-14-11-9(19(4,16)17)7(12)8(18-11)10(15)13-3/h6,14H,5,12H2,1-4H3,(H,13,15). The molecule has 4 N–H and O–H groups in total. The summed E-state index contributed by atoms with van der Waals surface area (Å²) in [4.78, 5) is 11.9. The maximum Gasteiger partial charge on any atom is 0.263 e. The van der Waals surface area contributed by atoms with Gasteiger partial charge in [0.05, 0.1) is 5.69 Å². The number of amides is 1. The summed E-state index contributed by atoms with van der Waals surface area (Å²) in [6, 6.07) is 0. The summed E-state index contributed by atoms with van der Waals surface area (Å²) in [7, 11) is -2.01. The second-order valence-electron chi connectivity index (χ2n) is 4.63. The number of carbonyl (C=O) groups is 1. The van der Waals surface area contributed by atoms with Crippen LogP contribution in [0.1, 0.15) is 23.5 Å². The average molecular weight is 305 g/mol. The maximum absolute atomic E-state index is 11.8. The van der Waals surface area contributed by atoms with Crippen LogP contribution in [-0.2, 0) is 9.84 Å². The number of nitrogen functional groups attached to an aromatic ring is 1. The molecule has 0 fully saturated rings. The van der Waals surface area contributed by atoms with E-state index in [9.17, 15) is 13.2 Å². The van der Waals surface area contributed by atoms with E-state index >= 15 is 0 Å². The van der Waals surface area contributed by atoms with Gasteiger partial charge in [0.25, 0.3) is 5.91 Å². The van der Waals surface area contributed by atoms with E-state index in [2.05, 4.69) is 10.6 Å². The van der Waals surface area contributed by atoms with Crippen molar-refractivity contribution in [1.82, 2.24) is 5.32 Å². The van der Waals surface area contributed by atoms with Crippen LogP contribution in [-0.4, -0.2) is 34.2 Å². The van der Waals surface area contributed by atoms with Crippen molar-refractivity contribution in [2.24, 2.45) is 5.92 Å². The van der Waals surface area contributed by atoms with Crippen molar-refractivity contribution >= 4 is 37.8 Å². The molecule has 0 spiro atoms. The Morgan fingerprint density at radius 3 is 2.42 bits per heavy atom. The van der Waals surface area contributed by atoms with Gasteiger partial charge in [-0.05, 0) is 5.92 Å². The van der Waals surface area contributed by atoms with E-state index < -0.39 is 9.84 Å². The van der Waals surface area contributed by atoms with Crippen molar-refractivity contribution in [2.45, 2.75) is 18.7 Å². The van der Waals surface area contributed by atoms with Crippen molar-refractivity contribution in [1.29, 1.82) is 0 Å². The molecule has 108 valence electrons. The molecule has 1 amide bonds. The Morgan fingerprint density at radius 2 is 2.00 bits per heavy atom. The SMILES string of the molecule is CNC(=O)c1sc(NCC(C)C)c(S(C)(=O)=O)c1N. The number of nitrogens with two attached hydrogens (primary N) is 1. The number of nitrogens with one attached hydrogen (secondary N) is 2. The fourth-order valence-corrected chi connectivity index (χ4v) is 4.02. The fraction of sp³-hybridized carbons (Fsp3) is 0.545. The third kappa shape index (κ3) is 3.60. The van der Waals surface area contributed by atoms with Gasteiger partial charge in [-0.15, -0.1) is 11.3 Å². The number of thiophene rings is 1. The van der Waals surface area contributed by atoms with Gasteiger partial charge >= 0.3 is 0 Å². The molecule has 0 aromatic carbocycles. The largest absolute Gasteiger partial charge is 0.396 e. The first kappa shape index (κ1) is 15.8. The van der Waals surface area contributed by atoms with Gasteiger partial charge in [0.15, 0.2) is 9.84 Å². The van der Waals surface area contributed by atoms with Crippen LogP contribution in [0.3, 0.4) is 0 Å². The lowest BCUT2D eigenvalue weighted by Crippen LogP contribution is -2.18. The van der Waals surface area contributed by atoms with Gasteiger partial charge < -0.3 is 16.4 Å². The topological polar surface area (TPSA) is 101 Å². The van der Waals surface area contributed by atoms with E-state index in [-0.39, 0.29) is 21.4 Å². The number of hydrogen-bond donors (Lipinski definition) is 3. The summed E-state index contributed by atoms with van der Waals surface area (Å²) in [6.07, 6.45) is 1.08. The van der Waals surface area contributed by atoms with E-state index in [1.54, 1.807) is 0 Å². The summed E-state index contributed by atoms with van der Waals surface area (Å²) in [6.45, 7) is 4.61. The second kappa shape index (κ2) is 5.79. The van der Waals surface area contributed by atoms with Gasteiger partial charge in [-0.1, -0.05) is 13.8 Å². The molecule has 1 heterocycles. The fourth-order valence-electron chi connectivity index (χ4n) is 1.49. The number of hydrogen-bond acceptors (Lipinski definition) is 6. The van der Waals surface area contributed by atoms with Crippen LogP contribution in [0.2, 0.25) is 0 Å². The summed E-state index contributed by atoms with van der Waals surface area (Å²) < 4.78 is 23.6. The summed E-state index contributed by atoms with van der Waals surface area (Å²) in [5, 5.41) is 5.91. The quantitative estimate of drug-likeness (QED) is 0.758. The Balaban J connectivity index is 3.32. The summed E-state index contributed by atoms with van der Waals surface area (Å²) in [5.74, 6) is -0.0378. The first-order chi connectivity index (χ1) is 8.68. The lowest BCUT2D eigenvalue weighted by atomic mass is 10.2. The smallest absolute Gasteiger partial charge is 0.263 e. The molecule has 8 heteroatoms. The van der Waals surface area contributed by atoms with Gasteiger partial charge in [0.1, 0.15) is 14.8 Å². The van der Waals surface area contributed by atoms with Crippen LogP contribution < -0.4 is 16.4 Å². The molecule has 0 bridgehead atoms. The lowest BCUT2D eigenvalue weighted by molar-refractivity contribution is 0.0968. The highest BCUT2D eigenvalue weighted by atomic mass is 32.2. The number of carbonyl (C=O) groups excluding carboxylic acids is 1. The molecule has 0 aliphatic carbocycles. The summed E-state index contributed by atoms with van der Waals surface area (Å²) in [5.41, 5.74) is 5.82. The molecular formula is C11H19N3O3S2. The molecule has 19 heavy (non-hydrogen) atoms. The molecule has 0 atom stereocenters. The Morgan fingerprint density at radius 1 is 1.42 bits per heavy atom. The Bertz CT molecular complexity index is 576. The molecule has 0 unspecified atom stereocenters. The van der Waals surface area contributed by atoms with Crippen molar-refractivity contribution in [3.63, 3.8) is 0 Å². The van der Waals surface area contributed by atoms with Crippen LogP contribution >= 0.6 is 11.3 Å². The summed E-state index contributed by atoms with van der Waals surface area (Å²) >= 11 is 1.06. The van der Waals surface area contributed by atoms with Crippen LogP contribution in [0.5, 0.6) is 0 Å². The minimum Gasteiger partial charge on any atom is -0.396 e. The molecule has 1 rings (SSSR count). The zero-order chi connectivity index (χ0) is 14.8. The van der Waals surface area contributed by atoms with Gasteiger partial charge in [-0.2, -0.15) is 0 Å². The van der Waals surface area contributed by atoms with E-state index in [1.807, 2.05) is 13.8 Å². The second-order valence-corrected chi connectivity index (χ2v) is 7.60. The molecule has 0 aliphatic heterocycles. The first-order valence-corrected chi connectivity index (χ1v) is 8.47. The van der Waals surface area contributed by atoms with Crippen molar-refractivity contribution in [3.8, 4) is 0 Å². The Labute approximate surface area is 117 Å².